The van der Waals surface area contributed by atoms with E-state index in [1.54, 1.807) is 13.4 Å². The van der Waals surface area contributed by atoms with Crippen LogP contribution in [0.1, 0.15) is 11.6 Å². The van der Waals surface area contributed by atoms with Crippen molar-refractivity contribution in [1.82, 2.24) is 20.4 Å². The molecule has 90 valence electrons. The van der Waals surface area contributed by atoms with Crippen LogP contribution in [0.2, 0.25) is 0 Å². The lowest BCUT2D eigenvalue weighted by atomic mass is 10.1. The number of fused-ring (bicyclic) bond motifs is 1. The van der Waals surface area contributed by atoms with Crippen LogP contribution in [0.15, 0.2) is 24.5 Å². The third-order valence-electron chi connectivity index (χ3n) is 2.64. The SMILES string of the molecule is CNNC(=O)C(N)c1ccc2c(c1)ncn2C. The average molecular weight is 233 g/mol. The van der Waals surface area contributed by atoms with Gasteiger partial charge in [-0.3, -0.25) is 10.2 Å². The average Bonchev–Trinajstić information content (AvgIpc) is 2.70. The molecule has 0 radical (unpaired) electrons. The number of hydrogen-bond donors (Lipinski definition) is 3. The quantitative estimate of drug-likeness (QED) is 0.642. The molecule has 0 saturated heterocycles. The van der Waals surface area contributed by atoms with E-state index in [4.69, 9.17) is 5.73 Å². The van der Waals surface area contributed by atoms with E-state index in [0.717, 1.165) is 16.6 Å². The summed E-state index contributed by atoms with van der Waals surface area (Å²) in [5, 5.41) is 0. The lowest BCUT2D eigenvalue weighted by Gasteiger charge is -2.11. The topological polar surface area (TPSA) is 85.0 Å². The molecule has 17 heavy (non-hydrogen) atoms. The maximum atomic E-state index is 11.6. The molecule has 0 bridgehead atoms. The zero-order chi connectivity index (χ0) is 12.4. The zero-order valence-corrected chi connectivity index (χ0v) is 9.77. The van der Waals surface area contributed by atoms with Gasteiger partial charge in [-0.2, -0.15) is 0 Å². The molecule has 2 aromatic rings. The number of nitrogens with one attached hydrogen (secondary N) is 2. The summed E-state index contributed by atoms with van der Waals surface area (Å²) >= 11 is 0. The second kappa shape index (κ2) is 4.52. The maximum Gasteiger partial charge on any atom is 0.255 e. The Kier molecular flexibility index (Phi) is 3.08. The van der Waals surface area contributed by atoms with Gasteiger partial charge in [-0.05, 0) is 17.7 Å². The van der Waals surface area contributed by atoms with E-state index in [1.807, 2.05) is 29.8 Å². The van der Waals surface area contributed by atoms with Gasteiger partial charge in [0.15, 0.2) is 0 Å². The highest BCUT2D eigenvalue weighted by molar-refractivity contribution is 5.84. The zero-order valence-electron chi connectivity index (χ0n) is 9.77. The van der Waals surface area contributed by atoms with Crippen molar-refractivity contribution in [3.8, 4) is 0 Å². The van der Waals surface area contributed by atoms with Crippen LogP contribution in [0.25, 0.3) is 11.0 Å². The number of carbonyl (C=O) groups is 1. The maximum absolute atomic E-state index is 11.6. The number of imidazole rings is 1. The van der Waals surface area contributed by atoms with E-state index in [2.05, 4.69) is 15.8 Å². The number of hydrazine groups is 1. The molecule has 0 aliphatic rings. The number of carbonyl (C=O) groups excluding carboxylic acids is 1. The minimum absolute atomic E-state index is 0.275. The Bertz CT molecular complexity index is 548. The van der Waals surface area contributed by atoms with Crippen molar-refractivity contribution in [2.45, 2.75) is 6.04 Å². The van der Waals surface area contributed by atoms with Crippen molar-refractivity contribution in [1.29, 1.82) is 0 Å². The predicted molar refractivity (Wildman–Crippen MR) is 64.8 cm³/mol. The second-order valence-electron chi connectivity index (χ2n) is 3.82. The smallest absolute Gasteiger partial charge is 0.255 e. The predicted octanol–water partition coefficient (Wildman–Crippen LogP) is -0.176. The molecule has 2 rings (SSSR count). The van der Waals surface area contributed by atoms with Gasteiger partial charge in [0.05, 0.1) is 17.4 Å². The standard InChI is InChI=1S/C11H15N5O/c1-13-15-11(17)10(12)7-3-4-9-8(5-7)14-6-16(9)2/h3-6,10,13H,12H2,1-2H3,(H,15,17). The van der Waals surface area contributed by atoms with Crippen molar-refractivity contribution in [3.63, 3.8) is 0 Å². The van der Waals surface area contributed by atoms with E-state index in [9.17, 15) is 4.79 Å². The van der Waals surface area contributed by atoms with E-state index in [-0.39, 0.29) is 5.91 Å². The Hall–Kier alpha value is -1.92. The lowest BCUT2D eigenvalue weighted by molar-refractivity contribution is -0.123. The van der Waals surface area contributed by atoms with Crippen molar-refractivity contribution in [2.75, 3.05) is 7.05 Å². The molecule has 0 saturated carbocycles. The number of amides is 1. The fourth-order valence-corrected chi connectivity index (χ4v) is 1.70. The number of nitrogens with two attached hydrogens (primary N) is 1. The summed E-state index contributed by atoms with van der Waals surface area (Å²) in [6.45, 7) is 0. The number of nitrogens with zero attached hydrogens (tertiary/aromatic N) is 2. The van der Waals surface area contributed by atoms with E-state index < -0.39 is 6.04 Å². The summed E-state index contributed by atoms with van der Waals surface area (Å²) in [6.07, 6.45) is 1.73. The summed E-state index contributed by atoms with van der Waals surface area (Å²) in [5.41, 5.74) is 13.4. The molecule has 6 heteroatoms. The number of rotatable bonds is 3. The van der Waals surface area contributed by atoms with E-state index >= 15 is 0 Å². The molecular formula is C11H15N5O. The molecule has 1 aromatic carbocycles. The Labute approximate surface area is 98.8 Å². The van der Waals surface area contributed by atoms with Gasteiger partial charge in [0, 0.05) is 14.1 Å². The highest BCUT2D eigenvalue weighted by Gasteiger charge is 2.15. The molecule has 1 aromatic heterocycles. The Morgan fingerprint density at radius 1 is 1.53 bits per heavy atom. The van der Waals surface area contributed by atoms with Gasteiger partial charge in [-0.1, -0.05) is 6.07 Å². The first-order chi connectivity index (χ1) is 8.13. The first kappa shape index (κ1) is 11.6. The van der Waals surface area contributed by atoms with Crippen molar-refractivity contribution in [3.05, 3.63) is 30.1 Å². The number of hydrogen-bond acceptors (Lipinski definition) is 4. The van der Waals surface area contributed by atoms with E-state index in [0.29, 0.717) is 0 Å². The molecular weight excluding hydrogens is 218 g/mol. The van der Waals surface area contributed by atoms with Crippen LogP contribution >= 0.6 is 0 Å². The largest absolute Gasteiger partial charge is 0.334 e. The van der Waals surface area contributed by atoms with Gasteiger partial charge in [-0.25, -0.2) is 10.4 Å². The summed E-state index contributed by atoms with van der Waals surface area (Å²) in [5.74, 6) is -0.275. The van der Waals surface area contributed by atoms with Crippen LogP contribution in [0, 0.1) is 0 Å². The second-order valence-corrected chi connectivity index (χ2v) is 3.82. The van der Waals surface area contributed by atoms with Gasteiger partial charge in [0.1, 0.15) is 6.04 Å². The monoisotopic (exact) mass is 233 g/mol. The molecule has 0 fully saturated rings. The van der Waals surface area contributed by atoms with Gasteiger partial charge in [0.25, 0.3) is 5.91 Å². The minimum atomic E-state index is -0.700. The molecule has 0 spiro atoms. The van der Waals surface area contributed by atoms with Crippen LogP contribution in [-0.4, -0.2) is 22.5 Å². The molecule has 6 nitrogen and oxygen atoms in total. The summed E-state index contributed by atoms with van der Waals surface area (Å²) < 4.78 is 1.91. The van der Waals surface area contributed by atoms with Gasteiger partial charge >= 0.3 is 0 Å². The van der Waals surface area contributed by atoms with Gasteiger partial charge < -0.3 is 10.3 Å². The highest BCUT2D eigenvalue weighted by Crippen LogP contribution is 2.17. The third-order valence-corrected chi connectivity index (χ3v) is 2.64. The van der Waals surface area contributed by atoms with E-state index in [1.165, 1.54) is 0 Å². The van der Waals surface area contributed by atoms with Crippen LogP contribution in [0.5, 0.6) is 0 Å². The Morgan fingerprint density at radius 3 is 3.00 bits per heavy atom. The lowest BCUT2D eigenvalue weighted by Crippen LogP contribution is -2.40. The summed E-state index contributed by atoms with van der Waals surface area (Å²) in [4.78, 5) is 15.8. The number of aryl methyl sites for hydroxylation is 1. The summed E-state index contributed by atoms with van der Waals surface area (Å²) in [6, 6.07) is 4.87. The van der Waals surface area contributed by atoms with Crippen LogP contribution in [0.3, 0.4) is 0 Å². The normalized spacial score (nSPS) is 12.6. The molecule has 1 unspecified atom stereocenters. The first-order valence-electron chi connectivity index (χ1n) is 5.26. The fraction of sp³-hybridized carbons (Fsp3) is 0.273. The van der Waals surface area contributed by atoms with Gasteiger partial charge in [0.2, 0.25) is 0 Å². The fourth-order valence-electron chi connectivity index (χ4n) is 1.70. The third kappa shape index (κ3) is 2.13. The minimum Gasteiger partial charge on any atom is -0.334 e. The Balaban J connectivity index is 2.33. The number of benzene rings is 1. The molecule has 4 N–H and O–H groups in total. The molecule has 0 aliphatic heterocycles. The van der Waals surface area contributed by atoms with Crippen molar-refractivity contribution >= 4 is 16.9 Å². The first-order valence-corrected chi connectivity index (χ1v) is 5.26. The number of aromatic nitrogens is 2. The molecule has 1 amide bonds. The Morgan fingerprint density at radius 2 is 2.29 bits per heavy atom. The summed E-state index contributed by atoms with van der Waals surface area (Å²) in [7, 11) is 3.54. The molecule has 0 aliphatic carbocycles. The molecule has 1 heterocycles. The van der Waals surface area contributed by atoms with Crippen LogP contribution in [0.4, 0.5) is 0 Å². The highest BCUT2D eigenvalue weighted by atomic mass is 16.2. The van der Waals surface area contributed by atoms with Crippen LogP contribution in [-0.2, 0) is 11.8 Å². The van der Waals surface area contributed by atoms with Crippen molar-refractivity contribution in [2.24, 2.45) is 12.8 Å². The van der Waals surface area contributed by atoms with Crippen molar-refractivity contribution < 1.29 is 4.79 Å². The van der Waals surface area contributed by atoms with Gasteiger partial charge in [-0.15, -0.1) is 0 Å². The van der Waals surface area contributed by atoms with Crippen LogP contribution < -0.4 is 16.6 Å². The molecule has 1 atom stereocenters.